The number of methoxy groups -OCH3 is 2. The van der Waals surface area contributed by atoms with Crippen LogP contribution in [0.1, 0.15) is 27.9 Å². The number of hydrogen-bond acceptors (Lipinski definition) is 5. The van der Waals surface area contributed by atoms with Gasteiger partial charge in [0.05, 0.1) is 25.3 Å². The topological polar surface area (TPSA) is 83.7 Å². The largest absolute Gasteiger partial charge is 0.493 e. The lowest BCUT2D eigenvalue weighted by molar-refractivity contribution is 0.102. The monoisotopic (exact) mass is 561 g/mol. The number of aromatic nitrogens is 1. The molecule has 0 aliphatic carbocycles. The lowest BCUT2D eigenvalue weighted by Gasteiger charge is -2.18. The first-order chi connectivity index (χ1) is 20.4. The minimum absolute atomic E-state index is 0.129. The number of hydrogen-bond donors (Lipinski definition) is 2. The van der Waals surface area contributed by atoms with Crippen LogP contribution in [0.4, 0.5) is 5.69 Å². The molecule has 42 heavy (non-hydrogen) atoms. The van der Waals surface area contributed by atoms with Crippen molar-refractivity contribution in [1.29, 1.82) is 0 Å². The van der Waals surface area contributed by atoms with Crippen molar-refractivity contribution in [2.24, 2.45) is 0 Å². The quantitative estimate of drug-likeness (QED) is 0.192. The van der Waals surface area contributed by atoms with Gasteiger partial charge in [0.2, 0.25) is 0 Å². The average molecular weight is 562 g/mol. The van der Waals surface area contributed by atoms with Crippen LogP contribution >= 0.6 is 0 Å². The maximum Gasteiger partial charge on any atom is 0.257 e. The van der Waals surface area contributed by atoms with Crippen molar-refractivity contribution in [2.75, 3.05) is 33.1 Å². The van der Waals surface area contributed by atoms with E-state index in [2.05, 4.69) is 28.3 Å². The first-order valence-electron chi connectivity index (χ1n) is 14.0. The normalized spacial score (nSPS) is 11.0. The predicted molar refractivity (Wildman–Crippen MR) is 169 cm³/mol. The number of carbonyl (C=O) groups excluding carboxylic acids is 1. The molecule has 5 rings (SSSR count). The molecule has 2 N–H and O–H groups in total. The highest BCUT2D eigenvalue weighted by molar-refractivity contribution is 6.12. The van der Waals surface area contributed by atoms with Crippen molar-refractivity contribution in [3.8, 4) is 22.8 Å². The van der Waals surface area contributed by atoms with Gasteiger partial charge >= 0.3 is 0 Å². The third-order valence-corrected chi connectivity index (χ3v) is 7.31. The van der Waals surface area contributed by atoms with E-state index in [4.69, 9.17) is 9.47 Å². The molecule has 1 heterocycles. The third kappa shape index (κ3) is 6.70. The molecule has 0 aliphatic heterocycles. The first kappa shape index (κ1) is 28.6. The van der Waals surface area contributed by atoms with E-state index in [1.165, 1.54) is 11.1 Å². The number of benzene rings is 4. The number of aryl methyl sites for hydroxylation is 1. The van der Waals surface area contributed by atoms with Gasteiger partial charge in [-0.3, -0.25) is 9.59 Å². The Morgan fingerprint density at radius 1 is 0.833 bits per heavy atom. The van der Waals surface area contributed by atoms with Crippen LogP contribution in [0.2, 0.25) is 0 Å². The molecule has 214 valence electrons. The Balaban J connectivity index is 1.19. The average Bonchev–Trinajstić information content (AvgIpc) is 3.02. The summed E-state index contributed by atoms with van der Waals surface area (Å²) in [5.41, 5.74) is 5.45. The third-order valence-electron chi connectivity index (χ3n) is 7.31. The van der Waals surface area contributed by atoms with Gasteiger partial charge < -0.3 is 24.7 Å². The molecular weight excluding hydrogens is 526 g/mol. The molecule has 4 aromatic carbocycles. The van der Waals surface area contributed by atoms with Gasteiger partial charge in [0, 0.05) is 29.4 Å². The van der Waals surface area contributed by atoms with Crippen LogP contribution < -0.4 is 20.2 Å². The fourth-order valence-electron chi connectivity index (χ4n) is 5.11. The van der Waals surface area contributed by atoms with Crippen LogP contribution in [0.25, 0.3) is 22.2 Å². The second-order valence-corrected chi connectivity index (χ2v) is 10.3. The minimum Gasteiger partial charge on any atom is -0.493 e. The van der Waals surface area contributed by atoms with Crippen LogP contribution in [0.5, 0.6) is 11.5 Å². The van der Waals surface area contributed by atoms with E-state index in [0.29, 0.717) is 27.8 Å². The highest BCUT2D eigenvalue weighted by atomic mass is 16.5. The second kappa shape index (κ2) is 13.2. The number of nitrogens with zero attached hydrogens (tertiary/aromatic N) is 1. The summed E-state index contributed by atoms with van der Waals surface area (Å²) in [5.74, 6) is 1.19. The lowest BCUT2D eigenvalue weighted by atomic mass is 10.1. The molecule has 0 saturated heterocycles. The molecular formula is C35H35N3O4. The summed E-state index contributed by atoms with van der Waals surface area (Å²) in [5, 5.41) is 3.47. The molecule has 0 saturated carbocycles. The number of fused-ring (bicyclic) bond motifs is 1. The summed E-state index contributed by atoms with van der Waals surface area (Å²) < 4.78 is 10.7. The summed E-state index contributed by atoms with van der Waals surface area (Å²) >= 11 is 0. The van der Waals surface area contributed by atoms with Gasteiger partial charge in [0.15, 0.2) is 16.9 Å². The van der Waals surface area contributed by atoms with Gasteiger partial charge in [0.1, 0.15) is 0 Å². The molecule has 0 radical (unpaired) electrons. The molecule has 1 aromatic heterocycles. The zero-order valence-corrected chi connectivity index (χ0v) is 24.1. The standard InChI is InChI=1S/C35H35N3O4/c1-38(23-25-16-19-32(41-2)33(21-25)42-3)20-8-9-24-14-17-27(18-15-24)36-35(40)29-13-7-12-28-31(39)22-30(37-34(28)29)26-10-5-4-6-11-26/h4-7,10-19,21-22H,8-9,20,23H2,1-3H3,(H,36,40)(H,37,39). The number of anilines is 1. The maximum atomic E-state index is 13.3. The summed E-state index contributed by atoms with van der Waals surface area (Å²) in [7, 11) is 5.40. The van der Waals surface area contributed by atoms with Gasteiger partial charge in [-0.25, -0.2) is 0 Å². The van der Waals surface area contributed by atoms with Crippen LogP contribution in [0, 0.1) is 0 Å². The molecule has 0 atom stereocenters. The van der Waals surface area contributed by atoms with Crippen molar-refractivity contribution in [1.82, 2.24) is 9.88 Å². The fourth-order valence-corrected chi connectivity index (χ4v) is 5.11. The molecule has 0 aliphatic rings. The zero-order chi connectivity index (χ0) is 29.5. The van der Waals surface area contributed by atoms with E-state index in [-0.39, 0.29) is 11.3 Å². The van der Waals surface area contributed by atoms with E-state index < -0.39 is 0 Å². The molecule has 7 nitrogen and oxygen atoms in total. The van der Waals surface area contributed by atoms with E-state index >= 15 is 0 Å². The van der Waals surface area contributed by atoms with Crippen molar-refractivity contribution in [3.05, 3.63) is 124 Å². The Labute approximate surface area is 245 Å². The Kier molecular flexibility index (Phi) is 8.99. The van der Waals surface area contributed by atoms with Gasteiger partial charge in [-0.1, -0.05) is 54.6 Å². The number of nitrogens with one attached hydrogen (secondary N) is 2. The maximum absolute atomic E-state index is 13.3. The first-order valence-corrected chi connectivity index (χ1v) is 14.0. The van der Waals surface area contributed by atoms with Crippen molar-refractivity contribution in [2.45, 2.75) is 19.4 Å². The Hall–Kier alpha value is -4.88. The number of ether oxygens (including phenoxy) is 2. The van der Waals surface area contributed by atoms with E-state index in [1.807, 2.05) is 66.7 Å². The van der Waals surface area contributed by atoms with E-state index in [0.717, 1.165) is 43.0 Å². The van der Waals surface area contributed by atoms with Crippen molar-refractivity contribution < 1.29 is 14.3 Å². The molecule has 7 heteroatoms. The van der Waals surface area contributed by atoms with Gasteiger partial charge in [0.25, 0.3) is 5.91 Å². The van der Waals surface area contributed by atoms with Crippen LogP contribution in [-0.4, -0.2) is 43.6 Å². The molecule has 1 amide bonds. The number of aromatic amines is 1. The van der Waals surface area contributed by atoms with Crippen LogP contribution in [0.3, 0.4) is 0 Å². The predicted octanol–water partition coefficient (Wildman–Crippen LogP) is 6.53. The lowest BCUT2D eigenvalue weighted by Crippen LogP contribution is -2.19. The Morgan fingerprint density at radius 3 is 2.31 bits per heavy atom. The van der Waals surface area contributed by atoms with Crippen LogP contribution in [-0.2, 0) is 13.0 Å². The van der Waals surface area contributed by atoms with Crippen molar-refractivity contribution >= 4 is 22.5 Å². The van der Waals surface area contributed by atoms with E-state index in [9.17, 15) is 9.59 Å². The second-order valence-electron chi connectivity index (χ2n) is 10.3. The highest BCUT2D eigenvalue weighted by Gasteiger charge is 2.14. The number of amides is 1. The van der Waals surface area contributed by atoms with Crippen LogP contribution in [0.15, 0.2) is 102 Å². The molecule has 0 fully saturated rings. The summed E-state index contributed by atoms with van der Waals surface area (Å²) in [4.78, 5) is 31.7. The smallest absolute Gasteiger partial charge is 0.257 e. The summed E-state index contributed by atoms with van der Waals surface area (Å²) in [6.07, 6.45) is 1.93. The van der Waals surface area contributed by atoms with E-state index in [1.54, 1.807) is 38.5 Å². The molecule has 0 spiro atoms. The fraction of sp³-hybridized carbons (Fsp3) is 0.200. The number of carbonyl (C=O) groups is 1. The number of rotatable bonds is 11. The number of H-pyrrole nitrogens is 1. The molecule has 0 bridgehead atoms. The Bertz CT molecular complexity index is 1730. The summed E-state index contributed by atoms with van der Waals surface area (Å²) in [6, 6.07) is 30.3. The summed E-state index contributed by atoms with van der Waals surface area (Å²) in [6.45, 7) is 1.76. The Morgan fingerprint density at radius 2 is 1.57 bits per heavy atom. The van der Waals surface area contributed by atoms with Gasteiger partial charge in [-0.15, -0.1) is 0 Å². The van der Waals surface area contributed by atoms with Gasteiger partial charge in [-0.05, 0) is 79.5 Å². The molecule has 5 aromatic rings. The highest BCUT2D eigenvalue weighted by Crippen LogP contribution is 2.28. The number of para-hydroxylation sites is 1. The van der Waals surface area contributed by atoms with Gasteiger partial charge in [-0.2, -0.15) is 0 Å². The zero-order valence-electron chi connectivity index (χ0n) is 24.1. The van der Waals surface area contributed by atoms with Crippen molar-refractivity contribution in [3.63, 3.8) is 0 Å². The SMILES string of the molecule is COc1ccc(CN(C)CCCc2ccc(NC(=O)c3cccc4c(=O)cc(-c5ccccc5)[nH]c34)cc2)cc1OC. The minimum atomic E-state index is -0.272. The number of pyridine rings is 1. The molecule has 0 unspecified atom stereocenters.